The third-order valence-electron chi connectivity index (χ3n) is 2.52. The van der Waals surface area contributed by atoms with E-state index in [1.165, 1.54) is 12.8 Å². The van der Waals surface area contributed by atoms with Crippen LogP contribution in [0.25, 0.3) is 0 Å². The lowest BCUT2D eigenvalue weighted by Gasteiger charge is -2.14. The summed E-state index contributed by atoms with van der Waals surface area (Å²) < 4.78 is 0. The molecule has 1 fully saturated rings. The van der Waals surface area contributed by atoms with Gasteiger partial charge in [0.1, 0.15) is 5.82 Å². The minimum Gasteiger partial charge on any atom is -0.311 e. The fourth-order valence-corrected chi connectivity index (χ4v) is 1.70. The summed E-state index contributed by atoms with van der Waals surface area (Å²) in [5.41, 5.74) is 1.14. The van der Waals surface area contributed by atoms with Crippen LogP contribution in [0, 0.1) is 12.8 Å². The molecule has 0 aliphatic heterocycles. The highest BCUT2D eigenvalue weighted by atomic mass is 15.0. The minimum atomic E-state index is 0.432. The number of nitrogens with zero attached hydrogens (tertiary/aromatic N) is 2. The monoisotopic (exact) mass is 177 g/mol. The molecular formula is C10H15N3. The van der Waals surface area contributed by atoms with Crippen LogP contribution in [0.1, 0.15) is 30.4 Å². The van der Waals surface area contributed by atoms with Gasteiger partial charge in [0.15, 0.2) is 0 Å². The maximum Gasteiger partial charge on any atom is 0.125 e. The largest absolute Gasteiger partial charge is 0.311 e. The summed E-state index contributed by atoms with van der Waals surface area (Å²) in [7, 11) is 2.00. The van der Waals surface area contributed by atoms with E-state index in [-0.39, 0.29) is 0 Å². The molecule has 0 aromatic carbocycles. The molecule has 3 nitrogen and oxygen atoms in total. The molecule has 70 valence electrons. The van der Waals surface area contributed by atoms with Gasteiger partial charge in [-0.05, 0) is 38.8 Å². The summed E-state index contributed by atoms with van der Waals surface area (Å²) in [4.78, 5) is 8.53. The Bertz CT molecular complexity index is 294. The summed E-state index contributed by atoms with van der Waals surface area (Å²) in [6, 6.07) is 2.44. The molecule has 1 aliphatic rings. The van der Waals surface area contributed by atoms with E-state index in [0.717, 1.165) is 17.4 Å². The van der Waals surface area contributed by atoms with Gasteiger partial charge in [0.05, 0.1) is 11.7 Å². The van der Waals surface area contributed by atoms with Crippen molar-refractivity contribution in [1.29, 1.82) is 0 Å². The van der Waals surface area contributed by atoms with E-state index < -0.39 is 0 Å². The van der Waals surface area contributed by atoms with Crippen molar-refractivity contribution in [2.24, 2.45) is 5.92 Å². The van der Waals surface area contributed by atoms with Crippen molar-refractivity contribution in [3.63, 3.8) is 0 Å². The highest BCUT2D eigenvalue weighted by molar-refractivity contribution is 5.10. The average Bonchev–Trinajstić information content (AvgIpc) is 2.90. The fourth-order valence-electron chi connectivity index (χ4n) is 1.70. The van der Waals surface area contributed by atoms with E-state index in [9.17, 15) is 0 Å². The van der Waals surface area contributed by atoms with Gasteiger partial charge < -0.3 is 5.32 Å². The van der Waals surface area contributed by atoms with Crippen LogP contribution in [0.5, 0.6) is 0 Å². The Morgan fingerprint density at radius 3 is 2.85 bits per heavy atom. The Hall–Kier alpha value is -0.960. The zero-order valence-electron chi connectivity index (χ0n) is 8.12. The molecule has 3 heteroatoms. The predicted molar refractivity (Wildman–Crippen MR) is 51.3 cm³/mol. The van der Waals surface area contributed by atoms with Gasteiger partial charge in [0, 0.05) is 6.20 Å². The minimum absolute atomic E-state index is 0.432. The Balaban J connectivity index is 2.21. The zero-order chi connectivity index (χ0) is 9.26. The number of aryl methyl sites for hydroxylation is 1. The quantitative estimate of drug-likeness (QED) is 0.759. The smallest absolute Gasteiger partial charge is 0.125 e. The van der Waals surface area contributed by atoms with Crippen molar-refractivity contribution in [3.8, 4) is 0 Å². The Labute approximate surface area is 78.6 Å². The maximum atomic E-state index is 4.43. The topological polar surface area (TPSA) is 37.8 Å². The second kappa shape index (κ2) is 3.42. The van der Waals surface area contributed by atoms with E-state index in [4.69, 9.17) is 0 Å². The molecule has 1 aromatic heterocycles. The Morgan fingerprint density at radius 1 is 1.54 bits per heavy atom. The molecule has 0 amide bonds. The summed E-state index contributed by atoms with van der Waals surface area (Å²) >= 11 is 0. The van der Waals surface area contributed by atoms with Gasteiger partial charge in [-0.1, -0.05) is 0 Å². The molecule has 1 atom stereocenters. The van der Waals surface area contributed by atoms with Crippen molar-refractivity contribution in [1.82, 2.24) is 15.3 Å². The van der Waals surface area contributed by atoms with Gasteiger partial charge in [0.2, 0.25) is 0 Å². The van der Waals surface area contributed by atoms with E-state index in [1.807, 2.05) is 26.2 Å². The number of nitrogens with one attached hydrogen (secondary N) is 1. The number of hydrogen-bond acceptors (Lipinski definition) is 3. The first-order valence-electron chi connectivity index (χ1n) is 4.78. The standard InChI is InChI=1S/C10H15N3/c1-7-12-6-5-9(13-7)10(11-2)8-3-4-8/h5-6,8,10-11H,3-4H2,1-2H3. The average molecular weight is 177 g/mol. The third-order valence-corrected chi connectivity index (χ3v) is 2.52. The van der Waals surface area contributed by atoms with Crippen LogP contribution in [0.2, 0.25) is 0 Å². The predicted octanol–water partition coefficient (Wildman–Crippen LogP) is 1.46. The molecule has 0 radical (unpaired) electrons. The van der Waals surface area contributed by atoms with Crippen molar-refractivity contribution >= 4 is 0 Å². The van der Waals surface area contributed by atoms with Crippen LogP contribution >= 0.6 is 0 Å². The highest BCUT2D eigenvalue weighted by Crippen LogP contribution is 2.39. The summed E-state index contributed by atoms with van der Waals surface area (Å²) in [5, 5.41) is 3.32. The molecule has 2 rings (SSSR count). The number of rotatable bonds is 3. The first kappa shape index (κ1) is 8.63. The molecule has 0 saturated heterocycles. The lowest BCUT2D eigenvalue weighted by Crippen LogP contribution is -2.19. The van der Waals surface area contributed by atoms with E-state index in [1.54, 1.807) is 0 Å². The van der Waals surface area contributed by atoms with Gasteiger partial charge in [-0.2, -0.15) is 0 Å². The SMILES string of the molecule is CNC(c1ccnc(C)n1)C1CC1. The Morgan fingerprint density at radius 2 is 2.31 bits per heavy atom. The molecule has 13 heavy (non-hydrogen) atoms. The van der Waals surface area contributed by atoms with Gasteiger partial charge in [-0.15, -0.1) is 0 Å². The van der Waals surface area contributed by atoms with Crippen molar-refractivity contribution in [2.45, 2.75) is 25.8 Å². The Kier molecular flexibility index (Phi) is 2.27. The first-order valence-corrected chi connectivity index (χ1v) is 4.78. The van der Waals surface area contributed by atoms with Crippen LogP contribution < -0.4 is 5.32 Å². The van der Waals surface area contributed by atoms with Gasteiger partial charge in [-0.25, -0.2) is 9.97 Å². The molecule has 1 heterocycles. The lowest BCUT2D eigenvalue weighted by molar-refractivity contribution is 0.513. The zero-order valence-corrected chi connectivity index (χ0v) is 8.12. The van der Waals surface area contributed by atoms with Gasteiger partial charge >= 0.3 is 0 Å². The van der Waals surface area contributed by atoms with E-state index >= 15 is 0 Å². The van der Waals surface area contributed by atoms with Crippen molar-refractivity contribution < 1.29 is 0 Å². The summed E-state index contributed by atoms with van der Waals surface area (Å²) in [5.74, 6) is 1.65. The highest BCUT2D eigenvalue weighted by Gasteiger charge is 2.31. The summed E-state index contributed by atoms with van der Waals surface area (Å²) in [6.07, 6.45) is 4.49. The normalized spacial score (nSPS) is 18.6. The van der Waals surface area contributed by atoms with Crippen molar-refractivity contribution in [3.05, 3.63) is 23.8 Å². The van der Waals surface area contributed by atoms with Gasteiger partial charge in [0.25, 0.3) is 0 Å². The molecule has 1 N–H and O–H groups in total. The van der Waals surface area contributed by atoms with Crippen LogP contribution in [-0.4, -0.2) is 17.0 Å². The van der Waals surface area contributed by atoms with Crippen LogP contribution in [0.15, 0.2) is 12.3 Å². The molecule has 0 spiro atoms. The first-order chi connectivity index (χ1) is 6.31. The van der Waals surface area contributed by atoms with Crippen LogP contribution in [-0.2, 0) is 0 Å². The molecule has 1 saturated carbocycles. The molecule has 1 aliphatic carbocycles. The summed E-state index contributed by atoms with van der Waals surface area (Å²) in [6.45, 7) is 1.93. The molecule has 1 unspecified atom stereocenters. The maximum absolute atomic E-state index is 4.43. The molecular weight excluding hydrogens is 162 g/mol. The van der Waals surface area contributed by atoms with Crippen molar-refractivity contribution in [2.75, 3.05) is 7.05 Å². The number of aromatic nitrogens is 2. The second-order valence-corrected chi connectivity index (χ2v) is 3.63. The van der Waals surface area contributed by atoms with Crippen LogP contribution in [0.4, 0.5) is 0 Å². The fraction of sp³-hybridized carbons (Fsp3) is 0.600. The van der Waals surface area contributed by atoms with E-state index in [2.05, 4.69) is 15.3 Å². The van der Waals surface area contributed by atoms with E-state index in [0.29, 0.717) is 6.04 Å². The van der Waals surface area contributed by atoms with Crippen LogP contribution in [0.3, 0.4) is 0 Å². The lowest BCUT2D eigenvalue weighted by atomic mass is 10.1. The van der Waals surface area contributed by atoms with Gasteiger partial charge in [-0.3, -0.25) is 0 Å². The molecule has 1 aromatic rings. The number of hydrogen-bond donors (Lipinski definition) is 1. The molecule has 0 bridgehead atoms. The second-order valence-electron chi connectivity index (χ2n) is 3.63. The third kappa shape index (κ3) is 1.86.